The molecule has 0 aliphatic rings. The first-order valence-electron chi connectivity index (χ1n) is 8.65. The third kappa shape index (κ3) is 4.37. The Hall–Kier alpha value is -3.62. The fraction of sp³-hybridized carbons (Fsp3) is 0.263. The predicted molar refractivity (Wildman–Crippen MR) is 109 cm³/mol. The molecule has 146 valence electrons. The highest BCUT2D eigenvalue weighted by atomic mass is 16.5. The maximum atomic E-state index is 12.4. The van der Waals surface area contributed by atoms with Gasteiger partial charge in [-0.2, -0.15) is 4.98 Å². The molecule has 9 nitrogen and oxygen atoms in total. The van der Waals surface area contributed by atoms with Gasteiger partial charge in [-0.1, -0.05) is 0 Å². The molecular formula is C19H23N7O2. The molecule has 0 spiro atoms. The van der Waals surface area contributed by atoms with Crippen LogP contribution in [0, 0.1) is 6.92 Å². The fourth-order valence-electron chi connectivity index (χ4n) is 2.58. The molecule has 0 saturated carbocycles. The van der Waals surface area contributed by atoms with Crippen molar-refractivity contribution >= 4 is 29.0 Å². The Labute approximate surface area is 163 Å². The zero-order valence-electron chi connectivity index (χ0n) is 16.5. The second-order valence-electron chi connectivity index (χ2n) is 6.47. The number of carbonyl (C=O) groups excluding carboxylic acids is 1. The van der Waals surface area contributed by atoms with Crippen molar-refractivity contribution in [3.8, 4) is 5.88 Å². The summed E-state index contributed by atoms with van der Waals surface area (Å²) in [6.07, 6.45) is 1.61. The van der Waals surface area contributed by atoms with Crippen molar-refractivity contribution in [2.75, 3.05) is 36.7 Å². The van der Waals surface area contributed by atoms with Crippen molar-refractivity contribution in [1.29, 1.82) is 0 Å². The molecule has 1 aromatic carbocycles. The van der Waals surface area contributed by atoms with Gasteiger partial charge in [-0.15, -0.1) is 5.10 Å². The van der Waals surface area contributed by atoms with Crippen LogP contribution in [0.5, 0.6) is 5.88 Å². The van der Waals surface area contributed by atoms with Crippen LogP contribution in [0.15, 0.2) is 36.5 Å². The molecule has 2 heterocycles. The molecule has 2 aromatic heterocycles. The number of carbonyl (C=O) groups is 1. The van der Waals surface area contributed by atoms with E-state index in [0.717, 1.165) is 17.2 Å². The molecule has 0 atom stereocenters. The average molecular weight is 381 g/mol. The van der Waals surface area contributed by atoms with Gasteiger partial charge in [-0.05, 0) is 31.2 Å². The molecule has 1 amide bonds. The number of aryl methyl sites for hydroxylation is 2. The van der Waals surface area contributed by atoms with Gasteiger partial charge in [-0.25, -0.2) is 4.98 Å². The van der Waals surface area contributed by atoms with Gasteiger partial charge in [0.25, 0.3) is 5.91 Å². The maximum absolute atomic E-state index is 12.4. The molecule has 0 aliphatic carbocycles. The molecule has 0 radical (unpaired) electrons. The normalized spacial score (nSPS) is 10.5. The van der Waals surface area contributed by atoms with Gasteiger partial charge in [0.15, 0.2) is 0 Å². The SMILES string of the molecule is COc1nn(C)cc1C(=O)Nc1ccc(Nc2nc(C)cc(N(C)C)n2)cc1. The van der Waals surface area contributed by atoms with E-state index in [2.05, 4.69) is 25.7 Å². The second kappa shape index (κ2) is 7.95. The highest BCUT2D eigenvalue weighted by Crippen LogP contribution is 2.21. The maximum Gasteiger partial charge on any atom is 0.262 e. The summed E-state index contributed by atoms with van der Waals surface area (Å²) in [5.74, 6) is 1.33. The van der Waals surface area contributed by atoms with Gasteiger partial charge in [0.05, 0.1) is 7.11 Å². The Kier molecular flexibility index (Phi) is 5.44. The van der Waals surface area contributed by atoms with Crippen LogP contribution < -0.4 is 20.3 Å². The van der Waals surface area contributed by atoms with Gasteiger partial charge >= 0.3 is 0 Å². The summed E-state index contributed by atoms with van der Waals surface area (Å²) in [5.41, 5.74) is 2.71. The number of hydrogen-bond donors (Lipinski definition) is 2. The third-order valence-electron chi connectivity index (χ3n) is 3.93. The Morgan fingerprint density at radius 1 is 1.14 bits per heavy atom. The summed E-state index contributed by atoms with van der Waals surface area (Å²) >= 11 is 0. The highest BCUT2D eigenvalue weighted by molar-refractivity contribution is 6.05. The van der Waals surface area contributed by atoms with Crippen molar-refractivity contribution in [3.05, 3.63) is 47.8 Å². The van der Waals surface area contributed by atoms with Crippen LogP contribution in [0.1, 0.15) is 16.1 Å². The molecule has 9 heteroatoms. The van der Waals surface area contributed by atoms with Crippen molar-refractivity contribution < 1.29 is 9.53 Å². The summed E-state index contributed by atoms with van der Waals surface area (Å²) in [5, 5.41) is 10.1. The fourth-order valence-corrected chi connectivity index (χ4v) is 2.58. The minimum Gasteiger partial charge on any atom is -0.479 e. The first kappa shape index (κ1) is 19.2. The number of hydrogen-bond acceptors (Lipinski definition) is 7. The number of nitrogens with one attached hydrogen (secondary N) is 2. The summed E-state index contributed by atoms with van der Waals surface area (Å²) in [6, 6.07) is 9.20. The molecule has 28 heavy (non-hydrogen) atoms. The van der Waals surface area contributed by atoms with E-state index < -0.39 is 0 Å². The van der Waals surface area contributed by atoms with E-state index in [1.165, 1.54) is 11.8 Å². The molecule has 3 aromatic rings. The van der Waals surface area contributed by atoms with Crippen LogP contribution in [-0.2, 0) is 7.05 Å². The monoisotopic (exact) mass is 381 g/mol. The quantitative estimate of drug-likeness (QED) is 0.677. The van der Waals surface area contributed by atoms with Gasteiger partial charge in [0, 0.05) is 50.5 Å². The number of amides is 1. The number of aromatic nitrogens is 4. The van der Waals surface area contributed by atoms with Crippen LogP contribution in [0.25, 0.3) is 0 Å². The van der Waals surface area contributed by atoms with Gasteiger partial charge in [0.2, 0.25) is 11.8 Å². The van der Waals surface area contributed by atoms with E-state index in [0.29, 0.717) is 17.2 Å². The van der Waals surface area contributed by atoms with Gasteiger partial charge < -0.3 is 20.3 Å². The lowest BCUT2D eigenvalue weighted by molar-refractivity contribution is 0.102. The van der Waals surface area contributed by atoms with E-state index in [1.807, 2.05) is 44.1 Å². The largest absolute Gasteiger partial charge is 0.479 e. The first-order chi connectivity index (χ1) is 13.4. The summed E-state index contributed by atoms with van der Waals surface area (Å²) < 4.78 is 6.66. The molecule has 3 rings (SSSR count). The summed E-state index contributed by atoms with van der Waals surface area (Å²) in [4.78, 5) is 23.2. The average Bonchev–Trinajstić information content (AvgIpc) is 3.04. The van der Waals surface area contributed by atoms with Crippen molar-refractivity contribution in [1.82, 2.24) is 19.7 Å². The van der Waals surface area contributed by atoms with Gasteiger partial charge in [-0.3, -0.25) is 9.48 Å². The Bertz CT molecular complexity index is 980. The highest BCUT2D eigenvalue weighted by Gasteiger charge is 2.16. The van der Waals surface area contributed by atoms with E-state index in [4.69, 9.17) is 4.74 Å². The predicted octanol–water partition coefficient (Wildman–Crippen LogP) is 2.59. The number of methoxy groups -OCH3 is 1. The molecule has 2 N–H and O–H groups in total. The smallest absolute Gasteiger partial charge is 0.262 e. The summed E-state index contributed by atoms with van der Waals surface area (Å²) in [7, 11) is 7.07. The minimum absolute atomic E-state index is 0.284. The Balaban J connectivity index is 1.71. The number of benzene rings is 1. The number of rotatable bonds is 6. The molecule has 0 saturated heterocycles. The van der Waals surface area contributed by atoms with Crippen LogP contribution in [-0.4, -0.2) is 46.9 Å². The first-order valence-corrected chi connectivity index (χ1v) is 8.65. The number of anilines is 4. The minimum atomic E-state index is -0.289. The molecule has 0 aliphatic heterocycles. The van der Waals surface area contributed by atoms with E-state index in [9.17, 15) is 4.79 Å². The van der Waals surface area contributed by atoms with Crippen molar-refractivity contribution in [2.24, 2.45) is 7.05 Å². The van der Waals surface area contributed by atoms with E-state index in [-0.39, 0.29) is 11.8 Å². The van der Waals surface area contributed by atoms with Crippen LogP contribution >= 0.6 is 0 Å². The molecule has 0 fully saturated rings. The number of nitrogens with zero attached hydrogens (tertiary/aromatic N) is 5. The van der Waals surface area contributed by atoms with Crippen molar-refractivity contribution in [3.63, 3.8) is 0 Å². The van der Waals surface area contributed by atoms with Crippen LogP contribution in [0.2, 0.25) is 0 Å². The van der Waals surface area contributed by atoms with Crippen molar-refractivity contribution in [2.45, 2.75) is 6.92 Å². The Morgan fingerprint density at radius 3 is 2.46 bits per heavy atom. The topological polar surface area (TPSA) is 97.2 Å². The lowest BCUT2D eigenvalue weighted by Crippen LogP contribution is -2.13. The molecule has 0 unspecified atom stereocenters. The lowest BCUT2D eigenvalue weighted by atomic mass is 10.2. The summed E-state index contributed by atoms with van der Waals surface area (Å²) in [6.45, 7) is 1.92. The lowest BCUT2D eigenvalue weighted by Gasteiger charge is -2.14. The third-order valence-corrected chi connectivity index (χ3v) is 3.93. The Morgan fingerprint density at radius 2 is 1.82 bits per heavy atom. The van der Waals surface area contributed by atoms with E-state index in [1.54, 1.807) is 25.4 Å². The second-order valence-corrected chi connectivity index (χ2v) is 6.47. The van der Waals surface area contributed by atoms with Crippen LogP contribution in [0.3, 0.4) is 0 Å². The molecular weight excluding hydrogens is 358 g/mol. The number of ether oxygens (including phenoxy) is 1. The molecule has 0 bridgehead atoms. The van der Waals surface area contributed by atoms with Crippen LogP contribution in [0.4, 0.5) is 23.1 Å². The zero-order chi connectivity index (χ0) is 20.3. The van der Waals surface area contributed by atoms with E-state index >= 15 is 0 Å². The standard InChI is InChI=1S/C19H23N7O2/c1-12-10-16(25(2)3)23-19(20-12)22-14-8-6-13(7-9-14)21-17(27)15-11-26(4)24-18(15)28-5/h6-11H,1-5H3,(H,21,27)(H,20,22,23). The van der Waals surface area contributed by atoms with Gasteiger partial charge in [0.1, 0.15) is 11.4 Å². The zero-order valence-corrected chi connectivity index (χ0v) is 16.5.